The zero-order chi connectivity index (χ0) is 26.8. The Bertz CT molecular complexity index is 1460. The van der Waals surface area contributed by atoms with E-state index < -0.39 is 6.55 Å². The molecule has 3 aromatic carbocycles. The molecule has 0 bridgehead atoms. The fourth-order valence-corrected chi connectivity index (χ4v) is 5.07. The Morgan fingerprint density at radius 2 is 1.76 bits per heavy atom. The van der Waals surface area contributed by atoms with Crippen molar-refractivity contribution in [2.24, 2.45) is 0 Å². The first-order chi connectivity index (χ1) is 18.3. The standard InChI is InChI=1S/C31H30F3N3O/c1-20-7-4-5-10-29(20)37(31(33)34)22(3)36-15-13-26(14-16-36)38-27-11-12-28-24(19-27)17-21(2)35-30(28)23-8-6-9-25(32)18-23/h4-12,17-19,26,31H,3,13-16H2,1-2H3. The Balaban J connectivity index is 1.28. The van der Waals surface area contributed by atoms with Crippen molar-refractivity contribution in [3.63, 3.8) is 0 Å². The van der Waals surface area contributed by atoms with Crippen LogP contribution in [0.3, 0.4) is 0 Å². The van der Waals surface area contributed by atoms with Gasteiger partial charge in [0, 0.05) is 42.6 Å². The molecule has 196 valence electrons. The van der Waals surface area contributed by atoms with Crippen molar-refractivity contribution in [2.45, 2.75) is 39.3 Å². The predicted octanol–water partition coefficient (Wildman–Crippen LogP) is 7.70. The molecule has 38 heavy (non-hydrogen) atoms. The minimum atomic E-state index is -2.69. The van der Waals surface area contributed by atoms with Gasteiger partial charge in [0.25, 0.3) is 0 Å². The quantitative estimate of drug-likeness (QED) is 0.235. The summed E-state index contributed by atoms with van der Waals surface area (Å²) < 4.78 is 48.2. The van der Waals surface area contributed by atoms with E-state index in [0.717, 1.165) is 43.9 Å². The lowest BCUT2D eigenvalue weighted by Gasteiger charge is -2.39. The number of benzene rings is 3. The number of aromatic nitrogens is 1. The summed E-state index contributed by atoms with van der Waals surface area (Å²) in [4.78, 5) is 7.57. The summed E-state index contributed by atoms with van der Waals surface area (Å²) in [7, 11) is 0. The number of anilines is 1. The van der Waals surface area contributed by atoms with Crippen molar-refractivity contribution in [1.29, 1.82) is 0 Å². The van der Waals surface area contributed by atoms with E-state index in [4.69, 9.17) is 4.74 Å². The summed E-state index contributed by atoms with van der Waals surface area (Å²) in [5, 5.41) is 1.88. The Morgan fingerprint density at radius 3 is 2.47 bits per heavy atom. The number of alkyl halides is 2. The summed E-state index contributed by atoms with van der Waals surface area (Å²) in [6, 6.07) is 21.4. The second-order valence-electron chi connectivity index (χ2n) is 9.66. The Labute approximate surface area is 221 Å². The van der Waals surface area contributed by atoms with Gasteiger partial charge in [0.15, 0.2) is 0 Å². The number of halogens is 3. The number of rotatable bonds is 7. The Morgan fingerprint density at radius 1 is 1.00 bits per heavy atom. The SMILES string of the molecule is C=C(N1CCC(Oc2ccc3c(-c4cccc(F)c4)nc(C)cc3c2)CC1)N(c1ccccc1C)C(F)F. The zero-order valence-electron chi connectivity index (χ0n) is 21.5. The van der Waals surface area contributed by atoms with Crippen LogP contribution in [0.1, 0.15) is 24.1 Å². The monoisotopic (exact) mass is 517 g/mol. The summed E-state index contributed by atoms with van der Waals surface area (Å²) >= 11 is 0. The van der Waals surface area contributed by atoms with Gasteiger partial charge in [-0.3, -0.25) is 9.88 Å². The summed E-state index contributed by atoms with van der Waals surface area (Å²) in [5.41, 5.74) is 3.52. The van der Waals surface area contributed by atoms with Crippen LogP contribution in [0.5, 0.6) is 5.75 Å². The molecular weight excluding hydrogens is 487 g/mol. The normalized spacial score (nSPS) is 14.2. The van der Waals surface area contributed by atoms with E-state index in [1.165, 1.54) is 12.1 Å². The highest BCUT2D eigenvalue weighted by Crippen LogP contribution is 2.33. The topological polar surface area (TPSA) is 28.6 Å². The number of likely N-dealkylation sites (tertiary alicyclic amines) is 1. The van der Waals surface area contributed by atoms with E-state index >= 15 is 0 Å². The number of fused-ring (bicyclic) bond motifs is 1. The Kier molecular flexibility index (Phi) is 7.27. The number of hydrogen-bond acceptors (Lipinski definition) is 4. The van der Waals surface area contributed by atoms with Crippen LogP contribution < -0.4 is 9.64 Å². The van der Waals surface area contributed by atoms with Crippen molar-refractivity contribution in [1.82, 2.24) is 9.88 Å². The molecule has 7 heteroatoms. The van der Waals surface area contributed by atoms with Crippen molar-refractivity contribution in [2.75, 3.05) is 18.0 Å². The molecule has 1 saturated heterocycles. The number of hydrogen-bond donors (Lipinski definition) is 0. The third-order valence-corrected chi connectivity index (χ3v) is 6.99. The molecule has 0 atom stereocenters. The molecule has 4 aromatic rings. The molecule has 0 radical (unpaired) electrons. The lowest BCUT2D eigenvalue weighted by molar-refractivity contribution is 0.101. The molecule has 0 aliphatic carbocycles. The van der Waals surface area contributed by atoms with Crippen molar-refractivity contribution < 1.29 is 17.9 Å². The first kappa shape index (κ1) is 25.6. The molecule has 1 aliphatic rings. The molecule has 2 heterocycles. The van der Waals surface area contributed by atoms with Gasteiger partial charge >= 0.3 is 6.55 Å². The van der Waals surface area contributed by atoms with Crippen LogP contribution in [0.25, 0.3) is 22.0 Å². The number of piperidine rings is 1. The van der Waals surface area contributed by atoms with Crippen molar-refractivity contribution >= 4 is 16.5 Å². The summed E-state index contributed by atoms with van der Waals surface area (Å²) in [6.07, 6.45) is 1.33. The highest BCUT2D eigenvalue weighted by molar-refractivity contribution is 5.95. The van der Waals surface area contributed by atoms with Gasteiger partial charge in [0.05, 0.1) is 11.4 Å². The number of para-hydroxylation sites is 1. The maximum absolute atomic E-state index is 14.0. The van der Waals surface area contributed by atoms with Gasteiger partial charge in [-0.2, -0.15) is 8.78 Å². The van der Waals surface area contributed by atoms with Crippen LogP contribution in [0, 0.1) is 19.7 Å². The molecule has 4 nitrogen and oxygen atoms in total. The van der Waals surface area contributed by atoms with Gasteiger partial charge in [-0.05, 0) is 67.3 Å². The molecule has 0 amide bonds. The number of nitrogens with zero attached hydrogens (tertiary/aromatic N) is 3. The van der Waals surface area contributed by atoms with E-state index in [-0.39, 0.29) is 11.9 Å². The minimum Gasteiger partial charge on any atom is -0.490 e. The molecule has 1 aromatic heterocycles. The van der Waals surface area contributed by atoms with Gasteiger partial charge < -0.3 is 9.64 Å². The highest BCUT2D eigenvalue weighted by Gasteiger charge is 2.29. The molecule has 1 aliphatic heterocycles. The van der Waals surface area contributed by atoms with Crippen LogP contribution in [0.2, 0.25) is 0 Å². The maximum Gasteiger partial charge on any atom is 0.320 e. The van der Waals surface area contributed by atoms with Gasteiger partial charge in [-0.25, -0.2) is 4.39 Å². The summed E-state index contributed by atoms with van der Waals surface area (Å²) in [5.74, 6) is 0.731. The van der Waals surface area contributed by atoms with Crippen molar-refractivity contribution in [3.05, 3.63) is 102 Å². The van der Waals surface area contributed by atoms with Crippen LogP contribution in [-0.4, -0.2) is 35.6 Å². The molecule has 0 saturated carbocycles. The van der Waals surface area contributed by atoms with Gasteiger partial charge in [0.1, 0.15) is 23.5 Å². The first-order valence-electron chi connectivity index (χ1n) is 12.7. The number of aryl methyl sites for hydroxylation is 2. The third-order valence-electron chi connectivity index (χ3n) is 6.99. The average molecular weight is 518 g/mol. The van der Waals surface area contributed by atoms with E-state index in [9.17, 15) is 13.2 Å². The minimum absolute atomic E-state index is 0.0411. The van der Waals surface area contributed by atoms with Gasteiger partial charge in [-0.15, -0.1) is 0 Å². The van der Waals surface area contributed by atoms with E-state index in [1.807, 2.05) is 61.2 Å². The van der Waals surface area contributed by atoms with Gasteiger partial charge in [-0.1, -0.05) is 36.9 Å². The van der Waals surface area contributed by atoms with E-state index in [2.05, 4.69) is 11.6 Å². The molecule has 0 N–H and O–H groups in total. The lowest BCUT2D eigenvalue weighted by Crippen LogP contribution is -2.44. The second kappa shape index (κ2) is 10.8. The smallest absolute Gasteiger partial charge is 0.320 e. The van der Waals surface area contributed by atoms with Crippen LogP contribution >= 0.6 is 0 Å². The second-order valence-corrected chi connectivity index (χ2v) is 9.66. The summed E-state index contributed by atoms with van der Waals surface area (Å²) in [6.45, 7) is 6.19. The number of pyridine rings is 1. The number of ether oxygens (including phenoxy) is 1. The molecule has 0 spiro atoms. The largest absolute Gasteiger partial charge is 0.490 e. The van der Waals surface area contributed by atoms with E-state index in [1.54, 1.807) is 18.2 Å². The molecular formula is C31H30F3N3O. The van der Waals surface area contributed by atoms with Crippen LogP contribution in [0.4, 0.5) is 18.9 Å². The average Bonchev–Trinajstić information content (AvgIpc) is 2.89. The third kappa shape index (κ3) is 5.32. The molecule has 1 fully saturated rings. The first-order valence-corrected chi connectivity index (χ1v) is 12.7. The van der Waals surface area contributed by atoms with Crippen molar-refractivity contribution in [3.8, 4) is 17.0 Å². The lowest BCUT2D eigenvalue weighted by atomic mass is 10.0. The van der Waals surface area contributed by atoms with Crippen LogP contribution in [0.15, 0.2) is 85.2 Å². The fourth-order valence-electron chi connectivity index (χ4n) is 5.07. The molecule has 0 unspecified atom stereocenters. The Hall–Kier alpha value is -4.00. The van der Waals surface area contributed by atoms with Gasteiger partial charge in [0.2, 0.25) is 0 Å². The zero-order valence-corrected chi connectivity index (χ0v) is 21.5. The highest BCUT2D eigenvalue weighted by atomic mass is 19.3. The predicted molar refractivity (Wildman–Crippen MR) is 146 cm³/mol. The van der Waals surface area contributed by atoms with Crippen LogP contribution in [-0.2, 0) is 0 Å². The fraction of sp³-hybridized carbons (Fsp3) is 0.258. The van der Waals surface area contributed by atoms with E-state index in [0.29, 0.717) is 37.4 Å². The maximum atomic E-state index is 14.0. The molecule has 5 rings (SSSR count).